The molecule has 0 rings (SSSR count). The monoisotopic (exact) mass is 993 g/mol. The lowest BCUT2D eigenvalue weighted by molar-refractivity contribution is -0.167. The molecule has 0 bridgehead atoms. The van der Waals surface area contributed by atoms with Crippen molar-refractivity contribution in [2.45, 2.75) is 322 Å². The van der Waals surface area contributed by atoms with Gasteiger partial charge in [-0.05, 0) is 64.2 Å². The molecule has 412 valence electrons. The molecule has 0 aromatic rings. The van der Waals surface area contributed by atoms with Crippen LogP contribution in [0.15, 0.2) is 60.8 Å². The molecule has 1 atom stereocenters. The number of esters is 3. The first-order valence-electron chi connectivity index (χ1n) is 30.8. The second kappa shape index (κ2) is 59.7. The Morgan fingerprint density at radius 3 is 0.859 bits per heavy atom. The molecule has 0 spiro atoms. The van der Waals surface area contributed by atoms with Gasteiger partial charge in [-0.15, -0.1) is 0 Å². The van der Waals surface area contributed by atoms with Crippen molar-refractivity contribution in [2.75, 3.05) is 13.2 Å². The van der Waals surface area contributed by atoms with Crippen LogP contribution >= 0.6 is 0 Å². The quantitative estimate of drug-likeness (QED) is 0.0261. The first kappa shape index (κ1) is 68.1. The fourth-order valence-electron chi connectivity index (χ4n) is 8.94. The fourth-order valence-corrected chi connectivity index (χ4v) is 8.94. The highest BCUT2D eigenvalue weighted by Crippen LogP contribution is 2.17. The molecule has 1 unspecified atom stereocenters. The summed E-state index contributed by atoms with van der Waals surface area (Å²) in [5, 5.41) is 0. The Balaban J connectivity index is 4.28. The van der Waals surface area contributed by atoms with Crippen LogP contribution in [-0.2, 0) is 28.6 Å². The number of ether oxygens (including phenoxy) is 3. The summed E-state index contributed by atoms with van der Waals surface area (Å²) in [6.45, 7) is 6.56. The highest BCUT2D eigenvalue weighted by atomic mass is 16.6. The molecule has 0 aliphatic rings. The Morgan fingerprint density at radius 2 is 0.549 bits per heavy atom. The molecule has 71 heavy (non-hydrogen) atoms. The van der Waals surface area contributed by atoms with Crippen LogP contribution < -0.4 is 0 Å². The average Bonchev–Trinajstić information content (AvgIpc) is 3.37. The molecule has 0 fully saturated rings. The molecular weight excluding hydrogens is 877 g/mol. The fraction of sp³-hybridized carbons (Fsp3) is 0.800. The molecule has 0 aromatic heterocycles. The van der Waals surface area contributed by atoms with Crippen molar-refractivity contribution in [3.63, 3.8) is 0 Å². The van der Waals surface area contributed by atoms with E-state index in [1.54, 1.807) is 0 Å². The van der Waals surface area contributed by atoms with Crippen molar-refractivity contribution >= 4 is 17.9 Å². The maximum absolute atomic E-state index is 12.9. The van der Waals surface area contributed by atoms with Gasteiger partial charge in [-0.1, -0.05) is 293 Å². The third-order valence-corrected chi connectivity index (χ3v) is 13.5. The number of allylic oxidation sites excluding steroid dienone is 10. The highest BCUT2D eigenvalue weighted by molar-refractivity contribution is 5.71. The summed E-state index contributed by atoms with van der Waals surface area (Å²) in [4.78, 5) is 38.2. The van der Waals surface area contributed by atoms with Gasteiger partial charge in [0.2, 0.25) is 0 Å². The van der Waals surface area contributed by atoms with Gasteiger partial charge in [0, 0.05) is 19.3 Å². The van der Waals surface area contributed by atoms with E-state index in [0.717, 1.165) is 96.3 Å². The molecular formula is C65H116O6. The van der Waals surface area contributed by atoms with Crippen molar-refractivity contribution in [1.29, 1.82) is 0 Å². The molecule has 0 aliphatic heterocycles. The Labute approximate surface area is 440 Å². The van der Waals surface area contributed by atoms with Crippen molar-refractivity contribution in [2.24, 2.45) is 0 Å². The van der Waals surface area contributed by atoms with E-state index >= 15 is 0 Å². The lowest BCUT2D eigenvalue weighted by Gasteiger charge is -2.18. The van der Waals surface area contributed by atoms with Gasteiger partial charge >= 0.3 is 17.9 Å². The zero-order chi connectivity index (χ0) is 51.4. The van der Waals surface area contributed by atoms with Crippen molar-refractivity contribution in [3.05, 3.63) is 60.8 Å². The minimum Gasteiger partial charge on any atom is -0.462 e. The topological polar surface area (TPSA) is 78.9 Å². The number of unbranched alkanes of at least 4 members (excludes halogenated alkanes) is 35. The second-order valence-electron chi connectivity index (χ2n) is 20.6. The van der Waals surface area contributed by atoms with Crippen molar-refractivity contribution in [1.82, 2.24) is 0 Å². The number of hydrogen-bond acceptors (Lipinski definition) is 6. The van der Waals surface area contributed by atoms with Crippen LogP contribution in [0.4, 0.5) is 0 Å². The highest BCUT2D eigenvalue weighted by Gasteiger charge is 2.19. The number of carbonyl (C=O) groups excluding carboxylic acids is 3. The van der Waals surface area contributed by atoms with E-state index in [-0.39, 0.29) is 31.1 Å². The average molecular weight is 994 g/mol. The smallest absolute Gasteiger partial charge is 0.306 e. The van der Waals surface area contributed by atoms with Gasteiger partial charge in [-0.2, -0.15) is 0 Å². The van der Waals surface area contributed by atoms with Gasteiger partial charge in [0.05, 0.1) is 0 Å². The van der Waals surface area contributed by atoms with E-state index in [1.807, 2.05) is 0 Å². The van der Waals surface area contributed by atoms with Crippen LogP contribution in [-0.4, -0.2) is 37.2 Å². The van der Waals surface area contributed by atoms with Gasteiger partial charge in [0.15, 0.2) is 6.10 Å². The summed E-state index contributed by atoms with van der Waals surface area (Å²) in [6.07, 6.45) is 75.0. The Kier molecular flexibility index (Phi) is 57.2. The van der Waals surface area contributed by atoms with Crippen molar-refractivity contribution in [3.8, 4) is 0 Å². The second-order valence-corrected chi connectivity index (χ2v) is 20.6. The van der Waals surface area contributed by atoms with Crippen LogP contribution in [0.3, 0.4) is 0 Å². The summed E-state index contributed by atoms with van der Waals surface area (Å²) >= 11 is 0. The minimum absolute atomic E-state index is 0.0709. The Morgan fingerprint density at radius 1 is 0.296 bits per heavy atom. The molecule has 0 radical (unpaired) electrons. The third kappa shape index (κ3) is 57.9. The summed E-state index contributed by atoms with van der Waals surface area (Å²) in [5.74, 6) is -0.859. The zero-order valence-corrected chi connectivity index (χ0v) is 47.2. The largest absolute Gasteiger partial charge is 0.462 e. The van der Waals surface area contributed by atoms with E-state index in [1.165, 1.54) is 180 Å². The third-order valence-electron chi connectivity index (χ3n) is 13.5. The summed E-state index contributed by atoms with van der Waals surface area (Å²) in [5.41, 5.74) is 0. The first-order valence-corrected chi connectivity index (χ1v) is 30.8. The molecule has 0 amide bonds. The standard InChI is InChI=1S/C65H116O6/c1-4-7-10-13-16-19-22-25-28-29-30-31-32-33-34-35-36-37-38-41-43-46-49-52-55-58-64(67)70-61-62(71-65(68)59-56-53-50-47-44-40-27-24-21-18-15-12-9-6-3)60-69-63(66)57-54-51-48-45-42-39-26-23-20-17-14-11-8-5-2/h7,10,16,19,25,28,30-31,33-34,62H,4-6,8-9,11-15,17-18,20-24,26-27,29,32,35-61H2,1-3H3/b10-7-,19-16-,28-25-,31-30-,34-33-. The molecule has 0 N–H and O–H groups in total. The maximum Gasteiger partial charge on any atom is 0.306 e. The van der Waals surface area contributed by atoms with E-state index in [4.69, 9.17) is 14.2 Å². The van der Waals surface area contributed by atoms with Gasteiger partial charge in [-0.3, -0.25) is 14.4 Å². The normalized spacial score (nSPS) is 12.4. The predicted molar refractivity (Wildman–Crippen MR) is 307 cm³/mol. The summed E-state index contributed by atoms with van der Waals surface area (Å²) < 4.78 is 16.9. The lowest BCUT2D eigenvalue weighted by atomic mass is 10.0. The molecule has 6 heteroatoms. The van der Waals surface area contributed by atoms with E-state index in [0.29, 0.717) is 19.3 Å². The number of rotatable bonds is 56. The van der Waals surface area contributed by atoms with Gasteiger partial charge in [0.1, 0.15) is 13.2 Å². The zero-order valence-electron chi connectivity index (χ0n) is 47.2. The van der Waals surface area contributed by atoms with Crippen LogP contribution in [0.1, 0.15) is 316 Å². The van der Waals surface area contributed by atoms with Gasteiger partial charge in [0.25, 0.3) is 0 Å². The minimum atomic E-state index is -0.773. The van der Waals surface area contributed by atoms with E-state index in [9.17, 15) is 14.4 Å². The number of carbonyl (C=O) groups is 3. The summed E-state index contributed by atoms with van der Waals surface area (Å²) in [7, 11) is 0. The van der Waals surface area contributed by atoms with Crippen LogP contribution in [0.25, 0.3) is 0 Å². The maximum atomic E-state index is 12.9. The Bertz CT molecular complexity index is 1280. The molecule has 0 aliphatic carbocycles. The molecule has 0 saturated carbocycles. The van der Waals surface area contributed by atoms with Crippen LogP contribution in [0.2, 0.25) is 0 Å². The van der Waals surface area contributed by atoms with Crippen LogP contribution in [0.5, 0.6) is 0 Å². The molecule has 6 nitrogen and oxygen atoms in total. The predicted octanol–water partition coefficient (Wildman–Crippen LogP) is 20.8. The number of hydrogen-bond donors (Lipinski definition) is 0. The lowest BCUT2D eigenvalue weighted by Crippen LogP contribution is -2.30. The summed E-state index contributed by atoms with van der Waals surface area (Å²) in [6, 6.07) is 0. The molecule has 0 heterocycles. The van der Waals surface area contributed by atoms with Crippen LogP contribution in [0, 0.1) is 0 Å². The molecule has 0 aromatic carbocycles. The first-order chi connectivity index (χ1) is 35.0. The SMILES string of the molecule is CC/C=C\C/C=C\C/C=C\C/C=C\C/C=C\CCCCCCCCCCCC(=O)OCC(COC(=O)CCCCCCCCCCCCCCCC)OC(=O)CCCCCCCCCCCCCCCC. The van der Waals surface area contributed by atoms with Crippen molar-refractivity contribution < 1.29 is 28.6 Å². The Hall–Kier alpha value is -2.89. The molecule has 0 saturated heterocycles. The van der Waals surface area contributed by atoms with E-state index in [2.05, 4.69) is 81.5 Å². The van der Waals surface area contributed by atoms with Gasteiger partial charge in [-0.25, -0.2) is 0 Å². The van der Waals surface area contributed by atoms with Gasteiger partial charge < -0.3 is 14.2 Å². The van der Waals surface area contributed by atoms with E-state index < -0.39 is 6.10 Å².